The van der Waals surface area contributed by atoms with Crippen LogP contribution in [0.25, 0.3) is 11.3 Å². The van der Waals surface area contributed by atoms with Gasteiger partial charge in [-0.15, -0.1) is 5.10 Å². The van der Waals surface area contributed by atoms with Crippen LogP contribution in [0.4, 0.5) is 13.6 Å². The van der Waals surface area contributed by atoms with E-state index in [-0.39, 0.29) is 23.3 Å². The molecule has 0 fully saturated rings. The van der Waals surface area contributed by atoms with Crippen LogP contribution in [-0.4, -0.2) is 34.7 Å². The molecule has 0 saturated heterocycles. The maximum absolute atomic E-state index is 14.0. The third-order valence-electron chi connectivity index (χ3n) is 4.48. The molecule has 0 radical (unpaired) electrons. The van der Waals surface area contributed by atoms with Crippen molar-refractivity contribution in [1.29, 1.82) is 0 Å². The second-order valence-corrected chi connectivity index (χ2v) is 6.09. The van der Waals surface area contributed by atoms with Crippen LogP contribution in [-0.2, 0) is 6.42 Å². The van der Waals surface area contributed by atoms with Crippen LogP contribution in [0.3, 0.4) is 0 Å². The zero-order valence-corrected chi connectivity index (χ0v) is 14.2. The Morgan fingerprint density at radius 1 is 1.32 bits per heavy atom. The Morgan fingerprint density at radius 2 is 2.04 bits per heavy atom. The third-order valence-corrected chi connectivity index (χ3v) is 4.48. The first-order valence-corrected chi connectivity index (χ1v) is 8.34. The summed E-state index contributed by atoms with van der Waals surface area (Å²) in [5, 5.41) is 11.0. The molecule has 1 aliphatic carbocycles. The van der Waals surface area contributed by atoms with Crippen molar-refractivity contribution in [2.45, 2.75) is 32.2 Å². The quantitative estimate of drug-likeness (QED) is 0.926. The molecular formula is C18H20F2N4O. The number of benzene rings is 1. The van der Waals surface area contributed by atoms with E-state index >= 15 is 0 Å². The highest BCUT2D eigenvalue weighted by atomic mass is 19.1. The summed E-state index contributed by atoms with van der Waals surface area (Å²) in [6, 6.07) is 5.03. The molecule has 1 unspecified atom stereocenters. The minimum Gasteiger partial charge on any atom is -0.338 e. The fourth-order valence-corrected chi connectivity index (χ4v) is 3.20. The first kappa shape index (κ1) is 17.3. The van der Waals surface area contributed by atoms with Gasteiger partial charge in [0.15, 0.2) is 0 Å². The molecule has 0 bridgehead atoms. The van der Waals surface area contributed by atoms with E-state index in [1.807, 2.05) is 6.92 Å². The topological polar surface area (TPSA) is 58.1 Å². The van der Waals surface area contributed by atoms with Crippen molar-refractivity contribution in [2.24, 2.45) is 0 Å². The van der Waals surface area contributed by atoms with Crippen molar-refractivity contribution >= 4 is 6.03 Å². The Balaban J connectivity index is 1.97. The lowest BCUT2D eigenvalue weighted by atomic mass is 9.90. The van der Waals surface area contributed by atoms with Gasteiger partial charge >= 0.3 is 6.03 Å². The number of nitrogens with one attached hydrogen (secondary N) is 1. The number of aromatic nitrogens is 2. The standard InChI is InChI=1S/C18H20F2N4O/c1-3-21-18(25)24(2)15-9-4-6-11-10-14(22-23-17(11)15)16-12(19)7-5-8-13(16)20/h5,7-8,10,15H,3-4,6,9H2,1-2H3,(H,21,25). The normalized spacial score (nSPS) is 16.2. The number of aryl methyl sites for hydroxylation is 1. The summed E-state index contributed by atoms with van der Waals surface area (Å²) in [4.78, 5) is 13.7. The maximum Gasteiger partial charge on any atom is 0.317 e. The highest BCUT2D eigenvalue weighted by Gasteiger charge is 2.29. The molecule has 3 rings (SSSR count). The van der Waals surface area contributed by atoms with Crippen LogP contribution >= 0.6 is 0 Å². The minimum absolute atomic E-state index is 0.169. The number of carbonyl (C=O) groups excluding carboxylic acids is 1. The van der Waals surface area contributed by atoms with Crippen LogP contribution < -0.4 is 5.32 Å². The maximum atomic E-state index is 14.0. The van der Waals surface area contributed by atoms with Gasteiger partial charge in [0, 0.05) is 13.6 Å². The molecule has 2 amide bonds. The number of fused-ring (bicyclic) bond motifs is 1. The summed E-state index contributed by atoms with van der Waals surface area (Å²) in [5.41, 5.74) is 1.58. The zero-order valence-electron chi connectivity index (χ0n) is 14.2. The molecule has 0 aliphatic heterocycles. The van der Waals surface area contributed by atoms with Gasteiger partial charge in [0.1, 0.15) is 11.6 Å². The van der Waals surface area contributed by atoms with Crippen LogP contribution in [0.1, 0.15) is 37.1 Å². The number of hydrogen-bond donors (Lipinski definition) is 1. The SMILES string of the molecule is CCNC(=O)N(C)C1CCCc2cc(-c3c(F)cccc3F)nnc21. The number of hydrogen-bond acceptors (Lipinski definition) is 3. The largest absolute Gasteiger partial charge is 0.338 e. The van der Waals surface area contributed by atoms with Gasteiger partial charge < -0.3 is 10.2 Å². The number of rotatable bonds is 3. The molecule has 1 aromatic carbocycles. The van der Waals surface area contributed by atoms with Crippen molar-refractivity contribution in [1.82, 2.24) is 20.4 Å². The van der Waals surface area contributed by atoms with Gasteiger partial charge in [0.05, 0.1) is 23.0 Å². The molecule has 0 spiro atoms. The second kappa shape index (κ2) is 7.13. The lowest BCUT2D eigenvalue weighted by molar-refractivity contribution is 0.182. The summed E-state index contributed by atoms with van der Waals surface area (Å²) in [7, 11) is 1.72. The van der Waals surface area contributed by atoms with Gasteiger partial charge in [-0.1, -0.05) is 6.07 Å². The first-order chi connectivity index (χ1) is 12.0. The highest BCUT2D eigenvalue weighted by molar-refractivity contribution is 5.74. The van der Waals surface area contributed by atoms with Gasteiger partial charge in [0.25, 0.3) is 0 Å². The van der Waals surface area contributed by atoms with Gasteiger partial charge in [-0.25, -0.2) is 13.6 Å². The highest BCUT2D eigenvalue weighted by Crippen LogP contribution is 2.34. The Bertz CT molecular complexity index is 776. The third kappa shape index (κ3) is 3.31. The van der Waals surface area contributed by atoms with E-state index < -0.39 is 11.6 Å². The van der Waals surface area contributed by atoms with Gasteiger partial charge in [-0.3, -0.25) is 0 Å². The van der Waals surface area contributed by atoms with Gasteiger partial charge in [0.2, 0.25) is 0 Å². The monoisotopic (exact) mass is 346 g/mol. The minimum atomic E-state index is -0.666. The van der Waals surface area contributed by atoms with Crippen molar-refractivity contribution in [3.8, 4) is 11.3 Å². The van der Waals surface area contributed by atoms with Crippen LogP contribution in [0.15, 0.2) is 24.3 Å². The molecule has 25 heavy (non-hydrogen) atoms. The van der Waals surface area contributed by atoms with E-state index in [1.165, 1.54) is 18.2 Å². The Morgan fingerprint density at radius 3 is 2.72 bits per heavy atom. The summed E-state index contributed by atoms with van der Waals surface area (Å²) < 4.78 is 28.0. The van der Waals surface area contributed by atoms with Crippen LogP contribution in [0.5, 0.6) is 0 Å². The number of halogens is 2. The molecule has 132 valence electrons. The predicted molar refractivity (Wildman–Crippen MR) is 89.9 cm³/mol. The lowest BCUT2D eigenvalue weighted by Gasteiger charge is -2.32. The van der Waals surface area contributed by atoms with E-state index in [0.717, 1.165) is 24.8 Å². The van der Waals surface area contributed by atoms with Crippen LogP contribution in [0.2, 0.25) is 0 Å². The fourth-order valence-electron chi connectivity index (χ4n) is 3.20. The first-order valence-electron chi connectivity index (χ1n) is 8.34. The van der Waals surface area contributed by atoms with Crippen molar-refractivity contribution in [2.75, 3.05) is 13.6 Å². The Kier molecular flexibility index (Phi) is 4.92. The lowest BCUT2D eigenvalue weighted by Crippen LogP contribution is -2.41. The summed E-state index contributed by atoms with van der Waals surface area (Å²) in [6.07, 6.45) is 2.39. The smallest absolute Gasteiger partial charge is 0.317 e. The van der Waals surface area contributed by atoms with E-state index in [0.29, 0.717) is 12.2 Å². The molecule has 0 saturated carbocycles. The zero-order chi connectivity index (χ0) is 18.0. The Labute approximate surface area is 145 Å². The average Bonchev–Trinajstić information content (AvgIpc) is 2.60. The number of urea groups is 1. The molecule has 7 heteroatoms. The number of nitrogens with zero attached hydrogens (tertiary/aromatic N) is 3. The average molecular weight is 346 g/mol. The molecule has 5 nitrogen and oxygen atoms in total. The second-order valence-electron chi connectivity index (χ2n) is 6.09. The number of amides is 2. The molecule has 1 atom stereocenters. The fraction of sp³-hybridized carbons (Fsp3) is 0.389. The van der Waals surface area contributed by atoms with Gasteiger partial charge in [-0.2, -0.15) is 5.10 Å². The van der Waals surface area contributed by atoms with Crippen LogP contribution in [0, 0.1) is 11.6 Å². The van der Waals surface area contributed by atoms with Crippen molar-refractivity contribution in [3.05, 3.63) is 47.2 Å². The summed E-state index contributed by atoms with van der Waals surface area (Å²) in [5.74, 6) is -1.33. The molecule has 1 heterocycles. The van der Waals surface area contributed by atoms with Gasteiger partial charge in [-0.05, 0) is 49.9 Å². The van der Waals surface area contributed by atoms with E-state index in [1.54, 1.807) is 18.0 Å². The van der Waals surface area contributed by atoms with E-state index in [4.69, 9.17) is 0 Å². The molecule has 1 aromatic heterocycles. The molecule has 1 N–H and O–H groups in total. The predicted octanol–water partition coefficient (Wildman–Crippen LogP) is 3.46. The molecule has 2 aromatic rings. The van der Waals surface area contributed by atoms with E-state index in [2.05, 4.69) is 15.5 Å². The van der Waals surface area contributed by atoms with Crippen molar-refractivity contribution in [3.63, 3.8) is 0 Å². The molecule has 1 aliphatic rings. The van der Waals surface area contributed by atoms with E-state index in [9.17, 15) is 13.6 Å². The molecular weight excluding hydrogens is 326 g/mol. The number of carbonyl (C=O) groups is 1. The summed E-state index contributed by atoms with van der Waals surface area (Å²) >= 11 is 0. The Hall–Kier alpha value is -2.57. The summed E-state index contributed by atoms with van der Waals surface area (Å²) in [6.45, 7) is 2.40. The van der Waals surface area contributed by atoms with Crippen molar-refractivity contribution < 1.29 is 13.6 Å².